The molecule has 0 fully saturated rings. The van der Waals surface area contributed by atoms with Crippen LogP contribution in [0.4, 0.5) is 4.39 Å². The second-order valence-electron chi connectivity index (χ2n) is 7.86. The number of carbonyl (C=O) groups is 1. The van der Waals surface area contributed by atoms with Crippen molar-refractivity contribution in [2.45, 2.75) is 6.16 Å². The van der Waals surface area contributed by atoms with E-state index >= 15 is 0 Å². The molecule has 0 saturated carbocycles. The summed E-state index contributed by atoms with van der Waals surface area (Å²) in [5.41, 5.74) is 1.64. The quantitative estimate of drug-likeness (QED) is 0.245. The molecule has 0 amide bonds. The monoisotopic (exact) mass is 472 g/mol. The van der Waals surface area contributed by atoms with E-state index in [0.717, 1.165) is 17.0 Å². The molecule has 0 saturated heterocycles. The minimum Gasteiger partial charge on any atom is -0.491 e. The van der Waals surface area contributed by atoms with E-state index in [0.29, 0.717) is 11.3 Å². The molecule has 4 aromatic rings. The topological polar surface area (TPSA) is 35.5 Å². The van der Waals surface area contributed by atoms with E-state index in [-0.39, 0.29) is 12.6 Å². The number of benzene rings is 4. The number of ether oxygens (including phenoxy) is 2. The molecule has 0 atom stereocenters. The SMILES string of the molecule is COC(=O)c1ccc(C[P+](c2ccccc2)(c2ccccc2)c2cccc(OCC[18F])c2)cc1. The van der Waals surface area contributed by atoms with Crippen LogP contribution in [0.15, 0.2) is 109 Å². The summed E-state index contributed by atoms with van der Waals surface area (Å²) in [5, 5.41) is 3.63. The molecule has 172 valence electrons. The summed E-state index contributed by atoms with van der Waals surface area (Å²) in [6.45, 7) is -0.505. The summed E-state index contributed by atoms with van der Waals surface area (Å²) < 4.78 is 23.3. The van der Waals surface area contributed by atoms with Crippen molar-refractivity contribution < 1.29 is 18.7 Å². The molecule has 0 aliphatic carbocycles. The molecule has 0 spiro atoms. The van der Waals surface area contributed by atoms with Gasteiger partial charge in [0.15, 0.2) is 0 Å². The normalized spacial score (nSPS) is 11.1. The standard InChI is InChI=1S/C29H27FO3P/c1-32-29(31)24-17-15-23(16-18-24)22-34(26-10-4-2-5-11-26,27-12-6-3-7-13-27)28-14-8-9-25(21-28)33-20-19-30/h2-18,21H,19-20,22H2,1H3/q+1/i30-1. The molecular weight excluding hydrogens is 445 g/mol. The van der Waals surface area contributed by atoms with E-state index in [1.165, 1.54) is 17.7 Å². The zero-order valence-electron chi connectivity index (χ0n) is 19.1. The number of carbonyl (C=O) groups excluding carboxylic acids is 1. The Morgan fingerprint density at radius 1 is 0.765 bits per heavy atom. The van der Waals surface area contributed by atoms with Gasteiger partial charge in [0.2, 0.25) is 0 Å². The molecule has 4 rings (SSSR count). The molecule has 0 aliphatic rings. The van der Waals surface area contributed by atoms with Gasteiger partial charge in [-0.05, 0) is 54.1 Å². The van der Waals surface area contributed by atoms with Crippen LogP contribution in [-0.4, -0.2) is 26.4 Å². The van der Waals surface area contributed by atoms with Gasteiger partial charge in [-0.25, -0.2) is 9.18 Å². The van der Waals surface area contributed by atoms with Crippen molar-refractivity contribution >= 4 is 29.1 Å². The van der Waals surface area contributed by atoms with Gasteiger partial charge in [0, 0.05) is 6.07 Å². The van der Waals surface area contributed by atoms with Crippen molar-refractivity contribution in [3.05, 3.63) is 120 Å². The van der Waals surface area contributed by atoms with Gasteiger partial charge in [0.05, 0.1) is 18.8 Å². The van der Waals surface area contributed by atoms with Gasteiger partial charge >= 0.3 is 5.97 Å². The van der Waals surface area contributed by atoms with Crippen LogP contribution < -0.4 is 20.7 Å². The molecule has 3 nitrogen and oxygen atoms in total. The smallest absolute Gasteiger partial charge is 0.337 e. The lowest BCUT2D eigenvalue weighted by Gasteiger charge is -2.28. The Morgan fingerprint density at radius 3 is 1.91 bits per heavy atom. The summed E-state index contributed by atoms with van der Waals surface area (Å²) >= 11 is 0. The summed E-state index contributed by atoms with van der Waals surface area (Å²) in [7, 11) is -0.785. The fourth-order valence-corrected chi connectivity index (χ4v) is 8.44. The fourth-order valence-electron chi connectivity index (χ4n) is 4.19. The minimum atomic E-state index is -2.17. The highest BCUT2D eigenvalue weighted by atomic mass is 31.2. The zero-order valence-corrected chi connectivity index (χ0v) is 20.0. The number of halogens is 1. The first-order valence-corrected chi connectivity index (χ1v) is 13.1. The molecule has 0 aromatic heterocycles. The molecule has 0 bridgehead atoms. The van der Waals surface area contributed by atoms with Crippen LogP contribution in [0.25, 0.3) is 0 Å². The maximum absolute atomic E-state index is 12.8. The van der Waals surface area contributed by atoms with E-state index in [9.17, 15) is 9.18 Å². The Balaban J connectivity index is 1.90. The zero-order chi connectivity index (χ0) is 23.8. The van der Waals surface area contributed by atoms with Crippen molar-refractivity contribution in [1.82, 2.24) is 0 Å². The number of methoxy groups -OCH3 is 1. The maximum atomic E-state index is 12.8. The first kappa shape index (κ1) is 23.7. The van der Waals surface area contributed by atoms with Crippen LogP contribution in [0, 0.1) is 0 Å². The lowest BCUT2D eigenvalue weighted by Crippen LogP contribution is -2.32. The summed E-state index contributed by atoms with van der Waals surface area (Å²) in [6, 6.07) is 36.7. The Morgan fingerprint density at radius 2 is 1.35 bits per heavy atom. The minimum absolute atomic E-state index is 0.0283. The lowest BCUT2D eigenvalue weighted by atomic mass is 10.1. The van der Waals surface area contributed by atoms with Gasteiger partial charge in [-0.15, -0.1) is 0 Å². The third kappa shape index (κ3) is 5.03. The van der Waals surface area contributed by atoms with E-state index < -0.39 is 13.9 Å². The van der Waals surface area contributed by atoms with Gasteiger partial charge in [-0.2, -0.15) is 0 Å². The van der Waals surface area contributed by atoms with Gasteiger partial charge < -0.3 is 9.47 Å². The molecule has 0 aliphatic heterocycles. The van der Waals surface area contributed by atoms with Crippen LogP contribution in [0.1, 0.15) is 15.9 Å². The number of hydrogen-bond acceptors (Lipinski definition) is 3. The molecule has 34 heavy (non-hydrogen) atoms. The van der Waals surface area contributed by atoms with Crippen molar-refractivity contribution in [2.24, 2.45) is 0 Å². The first-order valence-electron chi connectivity index (χ1n) is 11.1. The van der Waals surface area contributed by atoms with Crippen molar-refractivity contribution in [1.29, 1.82) is 0 Å². The second-order valence-corrected chi connectivity index (χ2v) is 11.3. The van der Waals surface area contributed by atoms with E-state index in [2.05, 4.69) is 54.6 Å². The highest BCUT2D eigenvalue weighted by Gasteiger charge is 2.45. The molecule has 0 heterocycles. The highest BCUT2D eigenvalue weighted by molar-refractivity contribution is 7.95. The van der Waals surface area contributed by atoms with Crippen molar-refractivity contribution in [3.8, 4) is 5.75 Å². The summed E-state index contributed by atoms with van der Waals surface area (Å²) in [6.07, 6.45) is 0.759. The van der Waals surface area contributed by atoms with Crippen LogP contribution >= 0.6 is 7.26 Å². The number of esters is 1. The van der Waals surface area contributed by atoms with Gasteiger partial charge in [0.25, 0.3) is 0 Å². The summed E-state index contributed by atoms with van der Waals surface area (Å²) in [5.74, 6) is 0.309. The largest absolute Gasteiger partial charge is 0.491 e. The predicted molar refractivity (Wildman–Crippen MR) is 138 cm³/mol. The Labute approximate surface area is 200 Å². The number of rotatable bonds is 9. The number of alkyl halides is 1. The molecule has 0 radical (unpaired) electrons. The Kier molecular flexibility index (Phi) is 7.72. The number of hydrogen-bond donors (Lipinski definition) is 0. The van der Waals surface area contributed by atoms with Crippen LogP contribution in [0.2, 0.25) is 0 Å². The molecular formula is C29H27FO3P+. The fraction of sp³-hybridized carbons (Fsp3) is 0.138. The van der Waals surface area contributed by atoms with Crippen LogP contribution in [0.3, 0.4) is 0 Å². The maximum Gasteiger partial charge on any atom is 0.337 e. The van der Waals surface area contributed by atoms with E-state index in [1.54, 1.807) is 0 Å². The molecule has 4 aromatic carbocycles. The lowest BCUT2D eigenvalue weighted by molar-refractivity contribution is 0.0600. The third-order valence-corrected chi connectivity index (χ3v) is 10.2. The van der Waals surface area contributed by atoms with E-state index in [1.807, 2.05) is 54.6 Å². The first-order chi connectivity index (χ1) is 16.7. The van der Waals surface area contributed by atoms with Gasteiger partial charge in [-0.1, -0.05) is 54.6 Å². The van der Waals surface area contributed by atoms with E-state index in [4.69, 9.17) is 9.47 Å². The van der Waals surface area contributed by atoms with Crippen molar-refractivity contribution in [2.75, 3.05) is 20.4 Å². The average molecular weight is 473 g/mol. The summed E-state index contributed by atoms with van der Waals surface area (Å²) in [4.78, 5) is 11.9. The Bertz CT molecular complexity index is 1170. The van der Waals surface area contributed by atoms with Gasteiger partial charge in [0.1, 0.15) is 42.2 Å². The third-order valence-electron chi connectivity index (χ3n) is 5.79. The molecule has 0 unspecified atom stereocenters. The van der Waals surface area contributed by atoms with Crippen LogP contribution in [-0.2, 0) is 10.9 Å². The van der Waals surface area contributed by atoms with Gasteiger partial charge in [-0.3, -0.25) is 0 Å². The predicted octanol–water partition coefficient (Wildman–Crippen LogP) is 5.32. The van der Waals surface area contributed by atoms with Crippen molar-refractivity contribution in [3.63, 3.8) is 0 Å². The van der Waals surface area contributed by atoms with Crippen LogP contribution in [0.5, 0.6) is 5.75 Å². The molecule has 5 heteroatoms. The highest BCUT2D eigenvalue weighted by Crippen LogP contribution is 2.58. The molecule has 0 N–H and O–H groups in total. The Hall–Kier alpha value is -3.49. The second kappa shape index (κ2) is 11.1. The average Bonchev–Trinajstić information content (AvgIpc) is 2.91.